The first-order valence-corrected chi connectivity index (χ1v) is 11.6. The second kappa shape index (κ2) is 9.58. The maximum atomic E-state index is 12.6. The van der Waals surface area contributed by atoms with Crippen LogP contribution >= 0.6 is 11.8 Å². The Bertz CT molecular complexity index is 1210. The summed E-state index contributed by atoms with van der Waals surface area (Å²) in [6, 6.07) is 14.8. The number of esters is 1. The van der Waals surface area contributed by atoms with Crippen molar-refractivity contribution in [2.75, 3.05) is 19.0 Å². The topological polar surface area (TPSA) is 89.9 Å². The molecule has 0 bridgehead atoms. The van der Waals surface area contributed by atoms with Gasteiger partial charge in [0.1, 0.15) is 11.1 Å². The highest BCUT2D eigenvalue weighted by Gasteiger charge is 2.34. The lowest BCUT2D eigenvalue weighted by molar-refractivity contribution is -0.140. The van der Waals surface area contributed by atoms with Gasteiger partial charge in [-0.25, -0.2) is 9.80 Å². The number of fused-ring (bicyclic) bond motifs is 1. The maximum absolute atomic E-state index is 12.6. The lowest BCUT2D eigenvalue weighted by atomic mass is 10.1. The van der Waals surface area contributed by atoms with E-state index in [4.69, 9.17) is 9.47 Å². The van der Waals surface area contributed by atoms with Crippen molar-refractivity contribution in [2.45, 2.75) is 19.2 Å². The molecule has 2 amide bonds. The molecule has 1 N–H and O–H groups in total. The molecule has 1 aliphatic rings. The lowest BCUT2D eigenvalue weighted by Gasteiger charge is -2.24. The van der Waals surface area contributed by atoms with Gasteiger partial charge >= 0.3 is 5.97 Å². The molecule has 1 atom stereocenters. The van der Waals surface area contributed by atoms with Crippen LogP contribution in [-0.2, 0) is 21.4 Å². The molecule has 1 aromatic heterocycles. The first-order chi connectivity index (χ1) is 15.9. The molecule has 1 saturated heterocycles. The van der Waals surface area contributed by atoms with Gasteiger partial charge in [0.2, 0.25) is 0 Å². The first-order valence-electron chi connectivity index (χ1n) is 10.6. The fourth-order valence-electron chi connectivity index (χ4n) is 3.83. The molecular formula is C24H25N3O5S. The van der Waals surface area contributed by atoms with Crippen LogP contribution in [0.25, 0.3) is 10.9 Å². The first kappa shape index (κ1) is 22.7. The average Bonchev–Trinajstić information content (AvgIpc) is 3.29. The van der Waals surface area contributed by atoms with E-state index in [1.54, 1.807) is 19.1 Å². The zero-order valence-corrected chi connectivity index (χ0v) is 19.5. The second-order valence-electron chi connectivity index (χ2n) is 7.58. The molecule has 1 unspecified atom stereocenters. The molecule has 172 valence electrons. The van der Waals surface area contributed by atoms with Crippen molar-refractivity contribution in [3.8, 4) is 5.75 Å². The predicted molar refractivity (Wildman–Crippen MR) is 126 cm³/mol. The normalized spacial score (nSPS) is 15.7. The number of ether oxygens (including phenoxy) is 2. The third kappa shape index (κ3) is 4.54. The van der Waals surface area contributed by atoms with Crippen LogP contribution in [0, 0.1) is 6.92 Å². The van der Waals surface area contributed by atoms with Crippen LogP contribution in [0.1, 0.15) is 33.9 Å². The highest BCUT2D eigenvalue weighted by Crippen LogP contribution is 2.37. The summed E-state index contributed by atoms with van der Waals surface area (Å²) >= 11 is 1.46. The van der Waals surface area contributed by atoms with Crippen molar-refractivity contribution in [1.29, 1.82) is 0 Å². The van der Waals surface area contributed by atoms with Crippen LogP contribution in [-0.4, -0.2) is 46.3 Å². The minimum absolute atomic E-state index is 0.164. The Morgan fingerprint density at radius 2 is 1.94 bits per heavy atom. The fraction of sp³-hybridized carbons (Fsp3) is 0.292. The van der Waals surface area contributed by atoms with E-state index in [2.05, 4.69) is 5.43 Å². The summed E-state index contributed by atoms with van der Waals surface area (Å²) in [4.78, 5) is 37.3. The van der Waals surface area contributed by atoms with E-state index >= 15 is 0 Å². The monoisotopic (exact) mass is 467 g/mol. The minimum Gasteiger partial charge on any atom is -0.484 e. The SMILES string of the molecule is CCOC(=O)c1c(C)n(C)c2ccc(OCC(=O)NN3C(=O)CSC3c3ccccc3)cc12. The van der Waals surface area contributed by atoms with E-state index < -0.39 is 11.9 Å². The lowest BCUT2D eigenvalue weighted by Crippen LogP contribution is -2.46. The number of amides is 2. The van der Waals surface area contributed by atoms with Crippen molar-refractivity contribution < 1.29 is 23.9 Å². The van der Waals surface area contributed by atoms with E-state index in [1.165, 1.54) is 16.8 Å². The molecule has 1 aliphatic heterocycles. The highest BCUT2D eigenvalue weighted by atomic mass is 32.2. The van der Waals surface area contributed by atoms with Gasteiger partial charge in [-0.05, 0) is 37.6 Å². The zero-order chi connectivity index (χ0) is 23.5. The number of aromatic nitrogens is 1. The number of hydrazine groups is 1. The molecule has 8 nitrogen and oxygen atoms in total. The van der Waals surface area contributed by atoms with Crippen LogP contribution in [0.4, 0.5) is 0 Å². The van der Waals surface area contributed by atoms with E-state index in [0.29, 0.717) is 22.5 Å². The smallest absolute Gasteiger partial charge is 0.340 e. The third-order valence-corrected chi connectivity index (χ3v) is 6.72. The number of benzene rings is 2. The Hall–Kier alpha value is -3.46. The van der Waals surface area contributed by atoms with Gasteiger partial charge < -0.3 is 14.0 Å². The van der Waals surface area contributed by atoms with Crippen molar-refractivity contribution in [1.82, 2.24) is 15.0 Å². The Balaban J connectivity index is 1.47. The molecule has 0 saturated carbocycles. The molecule has 2 aromatic carbocycles. The molecule has 9 heteroatoms. The van der Waals surface area contributed by atoms with Crippen molar-refractivity contribution in [3.63, 3.8) is 0 Å². The van der Waals surface area contributed by atoms with E-state index in [9.17, 15) is 14.4 Å². The van der Waals surface area contributed by atoms with Gasteiger partial charge in [0.05, 0.1) is 17.9 Å². The van der Waals surface area contributed by atoms with E-state index in [1.807, 2.05) is 54.9 Å². The molecule has 33 heavy (non-hydrogen) atoms. The predicted octanol–water partition coefficient (Wildman–Crippen LogP) is 3.35. The number of thioether (sulfide) groups is 1. The number of carbonyl (C=O) groups is 3. The Morgan fingerprint density at radius 1 is 1.18 bits per heavy atom. The van der Waals surface area contributed by atoms with Gasteiger partial charge in [0.15, 0.2) is 6.61 Å². The summed E-state index contributed by atoms with van der Waals surface area (Å²) in [5, 5.41) is 1.77. The largest absolute Gasteiger partial charge is 0.484 e. The summed E-state index contributed by atoms with van der Waals surface area (Å²) in [7, 11) is 1.88. The van der Waals surface area contributed by atoms with Crippen molar-refractivity contribution in [3.05, 3.63) is 65.4 Å². The minimum atomic E-state index is -0.443. The summed E-state index contributed by atoms with van der Waals surface area (Å²) in [6.45, 7) is 3.62. The third-order valence-electron chi connectivity index (χ3n) is 5.51. The van der Waals surface area contributed by atoms with Gasteiger partial charge in [-0.15, -0.1) is 11.8 Å². The Labute approximate surface area is 195 Å². The molecule has 1 fully saturated rings. The van der Waals surface area contributed by atoms with Crippen LogP contribution in [0.15, 0.2) is 48.5 Å². The van der Waals surface area contributed by atoms with Gasteiger partial charge in [-0.2, -0.15) is 0 Å². The quantitative estimate of drug-likeness (QED) is 0.536. The molecule has 0 radical (unpaired) electrons. The standard InChI is InChI=1S/C24H25N3O5S/c1-4-31-24(30)22-15(2)26(3)19-11-10-17(12-18(19)22)32-13-20(28)25-27-21(29)14-33-23(27)16-8-6-5-7-9-16/h5-12,23H,4,13-14H2,1-3H3,(H,25,28). The van der Waals surface area contributed by atoms with Crippen LogP contribution in [0.3, 0.4) is 0 Å². The maximum Gasteiger partial charge on any atom is 0.340 e. The zero-order valence-electron chi connectivity index (χ0n) is 18.7. The van der Waals surface area contributed by atoms with E-state index in [-0.39, 0.29) is 24.5 Å². The molecule has 0 spiro atoms. The van der Waals surface area contributed by atoms with Gasteiger partial charge in [-0.1, -0.05) is 30.3 Å². The summed E-state index contributed by atoms with van der Waals surface area (Å²) < 4.78 is 12.8. The average molecular weight is 468 g/mol. The number of hydrogen-bond acceptors (Lipinski definition) is 6. The summed E-state index contributed by atoms with van der Waals surface area (Å²) in [5.74, 6) is -0.270. The Morgan fingerprint density at radius 3 is 2.67 bits per heavy atom. The molecule has 0 aliphatic carbocycles. The number of nitrogens with zero attached hydrogens (tertiary/aromatic N) is 2. The number of carbonyl (C=O) groups excluding carboxylic acids is 3. The number of hydrogen-bond donors (Lipinski definition) is 1. The Kier molecular flexibility index (Phi) is 6.60. The van der Waals surface area contributed by atoms with Crippen LogP contribution in [0.2, 0.25) is 0 Å². The van der Waals surface area contributed by atoms with Gasteiger partial charge in [-0.3, -0.25) is 15.0 Å². The number of aryl methyl sites for hydroxylation is 1. The van der Waals surface area contributed by atoms with E-state index in [0.717, 1.165) is 16.8 Å². The van der Waals surface area contributed by atoms with Gasteiger partial charge in [0, 0.05) is 23.6 Å². The molecule has 3 aromatic rings. The summed E-state index contributed by atoms with van der Waals surface area (Å²) in [5.41, 5.74) is 5.73. The van der Waals surface area contributed by atoms with Crippen molar-refractivity contribution in [2.24, 2.45) is 7.05 Å². The fourth-order valence-corrected chi connectivity index (χ4v) is 4.93. The highest BCUT2D eigenvalue weighted by molar-refractivity contribution is 8.00. The van der Waals surface area contributed by atoms with Crippen molar-refractivity contribution >= 4 is 40.4 Å². The van der Waals surface area contributed by atoms with Crippen LogP contribution in [0.5, 0.6) is 5.75 Å². The van der Waals surface area contributed by atoms with Crippen LogP contribution < -0.4 is 10.2 Å². The molecule has 2 heterocycles. The molecule has 4 rings (SSSR count). The van der Waals surface area contributed by atoms with Gasteiger partial charge in [0.25, 0.3) is 11.8 Å². The molecular weight excluding hydrogens is 442 g/mol. The summed E-state index contributed by atoms with van der Waals surface area (Å²) in [6.07, 6.45) is 0. The number of nitrogens with one attached hydrogen (secondary N) is 1. The number of rotatable bonds is 7. The second-order valence-corrected chi connectivity index (χ2v) is 8.65.